The van der Waals surface area contributed by atoms with Gasteiger partial charge in [-0.25, -0.2) is 0 Å². The van der Waals surface area contributed by atoms with E-state index in [1.165, 1.54) is 43.3 Å². The van der Waals surface area contributed by atoms with Gasteiger partial charge in [-0.2, -0.15) is 0 Å². The maximum Gasteiger partial charge on any atom is -0.00180 e. The summed E-state index contributed by atoms with van der Waals surface area (Å²) in [5.74, 6) is 2.11. The molecule has 0 bridgehead atoms. The lowest BCUT2D eigenvalue weighted by Gasteiger charge is -2.24. The van der Waals surface area contributed by atoms with Crippen LogP contribution < -0.4 is 0 Å². The van der Waals surface area contributed by atoms with Crippen molar-refractivity contribution in [3.63, 3.8) is 0 Å². The third-order valence-electron chi connectivity index (χ3n) is 4.11. The Labute approximate surface area is 100 Å². The lowest BCUT2D eigenvalue weighted by atomic mass is 9.81. The fourth-order valence-electron chi connectivity index (χ4n) is 2.85. The standard InChI is InChI=1S/C16H24/c1-12(2)15-9-10-16(11-15)13(3)14-7-5-4-6-8-14/h9-12,14-15H,3-8H2,1-2H3. The maximum absolute atomic E-state index is 4.33. The predicted molar refractivity (Wildman–Crippen MR) is 71.3 cm³/mol. The Balaban J connectivity index is 2.00. The van der Waals surface area contributed by atoms with Gasteiger partial charge in [-0.3, -0.25) is 0 Å². The van der Waals surface area contributed by atoms with E-state index >= 15 is 0 Å². The quantitative estimate of drug-likeness (QED) is 0.630. The summed E-state index contributed by atoms with van der Waals surface area (Å²) in [7, 11) is 0. The average molecular weight is 216 g/mol. The second-order valence-corrected chi connectivity index (χ2v) is 5.66. The average Bonchev–Trinajstić information content (AvgIpc) is 2.78. The van der Waals surface area contributed by atoms with Gasteiger partial charge in [0.1, 0.15) is 0 Å². The molecule has 0 nitrogen and oxygen atoms in total. The van der Waals surface area contributed by atoms with Crippen molar-refractivity contribution in [2.24, 2.45) is 17.8 Å². The molecule has 0 aliphatic heterocycles. The highest BCUT2D eigenvalue weighted by molar-refractivity contribution is 5.44. The monoisotopic (exact) mass is 216 g/mol. The van der Waals surface area contributed by atoms with Crippen LogP contribution in [0.2, 0.25) is 0 Å². The molecule has 0 spiro atoms. The zero-order valence-corrected chi connectivity index (χ0v) is 10.7. The molecule has 0 aromatic rings. The lowest BCUT2D eigenvalue weighted by Crippen LogP contribution is -2.09. The maximum atomic E-state index is 4.33. The molecule has 0 N–H and O–H groups in total. The van der Waals surface area contributed by atoms with Crippen LogP contribution in [0.3, 0.4) is 0 Å². The van der Waals surface area contributed by atoms with Gasteiger partial charge in [-0.15, -0.1) is 0 Å². The number of hydrogen-bond acceptors (Lipinski definition) is 0. The van der Waals surface area contributed by atoms with Crippen molar-refractivity contribution in [2.75, 3.05) is 0 Å². The first-order chi connectivity index (χ1) is 7.68. The molecule has 1 unspecified atom stereocenters. The van der Waals surface area contributed by atoms with Gasteiger partial charge >= 0.3 is 0 Å². The van der Waals surface area contributed by atoms with Crippen molar-refractivity contribution in [2.45, 2.75) is 46.0 Å². The van der Waals surface area contributed by atoms with Gasteiger partial charge in [0.25, 0.3) is 0 Å². The van der Waals surface area contributed by atoms with E-state index in [0.717, 1.165) is 5.92 Å². The smallest absolute Gasteiger partial charge is 0.00180 e. The van der Waals surface area contributed by atoms with Crippen molar-refractivity contribution in [3.8, 4) is 0 Å². The van der Waals surface area contributed by atoms with Crippen LogP contribution in [0.5, 0.6) is 0 Å². The molecule has 1 atom stereocenters. The van der Waals surface area contributed by atoms with Crippen LogP contribution in [0.4, 0.5) is 0 Å². The molecule has 1 fully saturated rings. The van der Waals surface area contributed by atoms with Gasteiger partial charge < -0.3 is 0 Å². The topological polar surface area (TPSA) is 0 Å². The van der Waals surface area contributed by atoms with Crippen LogP contribution in [0.15, 0.2) is 36.0 Å². The molecule has 0 heterocycles. The zero-order valence-electron chi connectivity index (χ0n) is 10.7. The van der Waals surface area contributed by atoms with Gasteiger partial charge in [-0.05, 0) is 41.7 Å². The molecule has 88 valence electrons. The molecule has 16 heavy (non-hydrogen) atoms. The Bertz CT molecular complexity index is 311. The Hall–Kier alpha value is -0.780. The van der Waals surface area contributed by atoms with Gasteiger partial charge in [-0.1, -0.05) is 57.9 Å². The molecule has 1 saturated carbocycles. The van der Waals surface area contributed by atoms with Crippen molar-refractivity contribution in [1.82, 2.24) is 0 Å². The number of allylic oxidation sites excluding steroid dienone is 5. The molecular formula is C16H24. The summed E-state index contributed by atoms with van der Waals surface area (Å²) < 4.78 is 0. The minimum absolute atomic E-state index is 0.635. The molecule has 2 aliphatic carbocycles. The normalized spacial score (nSPS) is 26.2. The van der Waals surface area contributed by atoms with E-state index in [9.17, 15) is 0 Å². The lowest BCUT2D eigenvalue weighted by molar-refractivity contribution is 0.407. The Morgan fingerprint density at radius 2 is 1.94 bits per heavy atom. The molecule has 0 saturated heterocycles. The summed E-state index contributed by atoms with van der Waals surface area (Å²) >= 11 is 0. The molecule has 0 aromatic heterocycles. The second kappa shape index (κ2) is 5.03. The van der Waals surface area contributed by atoms with Gasteiger partial charge in [0.15, 0.2) is 0 Å². The van der Waals surface area contributed by atoms with Crippen molar-refractivity contribution in [1.29, 1.82) is 0 Å². The molecule has 2 rings (SSSR count). The molecular weight excluding hydrogens is 192 g/mol. The summed E-state index contributed by atoms with van der Waals surface area (Å²) in [6.45, 7) is 8.91. The van der Waals surface area contributed by atoms with Crippen molar-refractivity contribution >= 4 is 0 Å². The minimum atomic E-state index is 0.635. The van der Waals surface area contributed by atoms with E-state index in [1.54, 1.807) is 0 Å². The molecule has 0 heteroatoms. The highest BCUT2D eigenvalue weighted by Gasteiger charge is 2.21. The Morgan fingerprint density at radius 3 is 2.50 bits per heavy atom. The molecule has 2 aliphatic rings. The summed E-state index contributed by atoms with van der Waals surface area (Å²) in [6.07, 6.45) is 14.0. The molecule has 0 aromatic carbocycles. The van der Waals surface area contributed by atoms with Crippen molar-refractivity contribution in [3.05, 3.63) is 36.0 Å². The predicted octanol–water partition coefficient (Wildman–Crippen LogP) is 4.89. The fourth-order valence-corrected chi connectivity index (χ4v) is 2.85. The van der Waals surface area contributed by atoms with Gasteiger partial charge in [0.05, 0.1) is 0 Å². The first kappa shape index (κ1) is 11.7. The van der Waals surface area contributed by atoms with Crippen LogP contribution in [-0.4, -0.2) is 0 Å². The highest BCUT2D eigenvalue weighted by Crippen LogP contribution is 2.36. The van der Waals surface area contributed by atoms with E-state index in [4.69, 9.17) is 0 Å². The second-order valence-electron chi connectivity index (χ2n) is 5.66. The molecule has 0 radical (unpaired) electrons. The molecule has 0 amide bonds. The van der Waals surface area contributed by atoms with E-state index in [2.05, 4.69) is 38.7 Å². The number of rotatable bonds is 3. The summed E-state index contributed by atoms with van der Waals surface area (Å²) in [5, 5.41) is 0. The van der Waals surface area contributed by atoms with Crippen LogP contribution in [-0.2, 0) is 0 Å². The van der Waals surface area contributed by atoms with Crippen LogP contribution in [0, 0.1) is 17.8 Å². The van der Waals surface area contributed by atoms with E-state index in [-0.39, 0.29) is 0 Å². The third kappa shape index (κ3) is 2.48. The fraction of sp³-hybridized carbons (Fsp3) is 0.625. The van der Waals surface area contributed by atoms with Crippen molar-refractivity contribution < 1.29 is 0 Å². The third-order valence-corrected chi connectivity index (χ3v) is 4.11. The van der Waals surface area contributed by atoms with Crippen LogP contribution >= 0.6 is 0 Å². The first-order valence-corrected chi connectivity index (χ1v) is 6.77. The summed E-state index contributed by atoms with van der Waals surface area (Å²) in [4.78, 5) is 0. The Kier molecular flexibility index (Phi) is 3.68. The minimum Gasteiger partial charge on any atom is -0.0950 e. The van der Waals surface area contributed by atoms with E-state index in [0.29, 0.717) is 11.8 Å². The van der Waals surface area contributed by atoms with Crippen LogP contribution in [0.25, 0.3) is 0 Å². The first-order valence-electron chi connectivity index (χ1n) is 6.77. The summed E-state index contributed by atoms with van der Waals surface area (Å²) in [6, 6.07) is 0. The van der Waals surface area contributed by atoms with E-state index < -0.39 is 0 Å². The van der Waals surface area contributed by atoms with Crippen LogP contribution in [0.1, 0.15) is 46.0 Å². The largest absolute Gasteiger partial charge is 0.0950 e. The summed E-state index contributed by atoms with van der Waals surface area (Å²) in [5.41, 5.74) is 2.82. The number of hydrogen-bond donors (Lipinski definition) is 0. The Morgan fingerprint density at radius 1 is 1.25 bits per heavy atom. The zero-order chi connectivity index (χ0) is 11.5. The van der Waals surface area contributed by atoms with Gasteiger partial charge in [0.2, 0.25) is 0 Å². The van der Waals surface area contributed by atoms with Gasteiger partial charge in [0, 0.05) is 0 Å². The van der Waals surface area contributed by atoms with E-state index in [1.807, 2.05) is 0 Å². The highest BCUT2D eigenvalue weighted by atomic mass is 14.3. The SMILES string of the molecule is C=C(C1=CC(C(C)C)C=C1)C1CCCCC1.